The molecule has 3 aromatic rings. The van der Waals surface area contributed by atoms with Crippen molar-refractivity contribution in [1.29, 1.82) is 0 Å². The molecule has 0 aromatic heterocycles. The molecule has 0 N–H and O–H groups in total. The minimum absolute atomic E-state index is 0.0965. The van der Waals surface area contributed by atoms with Gasteiger partial charge in [-0.05, 0) is 29.8 Å². The van der Waals surface area contributed by atoms with Crippen LogP contribution in [0.5, 0.6) is 5.75 Å². The van der Waals surface area contributed by atoms with Gasteiger partial charge in [0.2, 0.25) is 18.0 Å². The molecule has 1 amide bonds. The number of para-hydroxylation sites is 1. The number of halogens is 1. The molecule has 0 fully saturated rings. The van der Waals surface area contributed by atoms with Gasteiger partial charge in [-0.2, -0.15) is 5.01 Å². The highest BCUT2D eigenvalue weighted by Crippen LogP contribution is 2.34. The number of nitrogens with zero attached hydrogens (tertiary/aromatic N) is 3. The van der Waals surface area contributed by atoms with Crippen molar-refractivity contribution >= 4 is 33.4 Å². The Bertz CT molecular complexity index is 1210. The number of rotatable bonds is 6. The van der Waals surface area contributed by atoms with Gasteiger partial charge in [-0.25, -0.2) is 0 Å². The summed E-state index contributed by atoms with van der Waals surface area (Å²) in [5.74, 6) is 0.375. The molecule has 1 aliphatic rings. The fraction of sp³-hybridized carbons (Fsp3) is 0.130. The standard InChI is InChI=1S/C23H18BrN3O5/c1-15(28)26-23(17-7-5-9-19(13-17)27(29)30)32-22(25-26)20-10-2-3-11-21(20)31-14-16-6-4-8-18(24)12-16/h2-13,23H,14H2,1H3. The third-order valence-corrected chi connectivity index (χ3v) is 5.23. The zero-order valence-corrected chi connectivity index (χ0v) is 18.6. The van der Waals surface area contributed by atoms with Gasteiger partial charge in [-0.15, -0.1) is 5.10 Å². The summed E-state index contributed by atoms with van der Waals surface area (Å²) in [4.78, 5) is 22.9. The number of benzene rings is 3. The van der Waals surface area contributed by atoms with Crippen LogP contribution in [0.1, 0.15) is 29.8 Å². The van der Waals surface area contributed by atoms with Crippen LogP contribution in [0.3, 0.4) is 0 Å². The van der Waals surface area contributed by atoms with E-state index in [1.165, 1.54) is 24.1 Å². The van der Waals surface area contributed by atoms with Crippen LogP contribution < -0.4 is 4.74 Å². The largest absolute Gasteiger partial charge is 0.488 e. The number of nitro groups is 1. The average Bonchev–Trinajstić information content (AvgIpc) is 3.24. The summed E-state index contributed by atoms with van der Waals surface area (Å²) in [5, 5.41) is 16.7. The van der Waals surface area contributed by atoms with Crippen LogP contribution in [-0.4, -0.2) is 21.7 Å². The predicted octanol–water partition coefficient (Wildman–Crippen LogP) is 5.18. The molecule has 9 heteroatoms. The number of carbonyl (C=O) groups is 1. The van der Waals surface area contributed by atoms with Gasteiger partial charge in [0.1, 0.15) is 12.4 Å². The van der Waals surface area contributed by atoms with Crippen LogP contribution >= 0.6 is 15.9 Å². The fourth-order valence-electron chi connectivity index (χ4n) is 3.24. The molecule has 0 saturated heterocycles. The molecular formula is C23H18BrN3O5. The first-order valence-corrected chi connectivity index (χ1v) is 10.5. The van der Waals surface area contributed by atoms with E-state index in [-0.39, 0.29) is 17.5 Å². The summed E-state index contributed by atoms with van der Waals surface area (Å²) < 4.78 is 13.0. The lowest BCUT2D eigenvalue weighted by atomic mass is 10.1. The number of hydrazone groups is 1. The Hall–Kier alpha value is -3.72. The van der Waals surface area contributed by atoms with Gasteiger partial charge in [0.05, 0.1) is 10.5 Å². The van der Waals surface area contributed by atoms with Crippen molar-refractivity contribution in [2.75, 3.05) is 0 Å². The Morgan fingerprint density at radius 1 is 1.16 bits per heavy atom. The molecule has 32 heavy (non-hydrogen) atoms. The van der Waals surface area contributed by atoms with Crippen LogP contribution in [-0.2, 0) is 16.1 Å². The van der Waals surface area contributed by atoms with E-state index in [0.717, 1.165) is 10.0 Å². The normalized spacial score (nSPS) is 15.1. The second kappa shape index (κ2) is 9.19. The molecule has 1 aliphatic heterocycles. The molecule has 162 valence electrons. The molecule has 0 saturated carbocycles. The summed E-state index contributed by atoms with van der Waals surface area (Å²) in [7, 11) is 0. The topological polar surface area (TPSA) is 94.3 Å². The van der Waals surface area contributed by atoms with Crippen molar-refractivity contribution in [3.63, 3.8) is 0 Å². The molecule has 1 heterocycles. The number of non-ortho nitro benzene ring substituents is 1. The van der Waals surface area contributed by atoms with Gasteiger partial charge in [0, 0.05) is 29.1 Å². The fourth-order valence-corrected chi connectivity index (χ4v) is 3.69. The van der Waals surface area contributed by atoms with Crippen LogP contribution in [0.15, 0.2) is 82.4 Å². The van der Waals surface area contributed by atoms with Crippen molar-refractivity contribution in [2.45, 2.75) is 19.8 Å². The van der Waals surface area contributed by atoms with Gasteiger partial charge in [0.15, 0.2) is 0 Å². The van der Waals surface area contributed by atoms with Crippen molar-refractivity contribution in [3.8, 4) is 5.75 Å². The Kier molecular flexibility index (Phi) is 6.18. The van der Waals surface area contributed by atoms with Gasteiger partial charge in [0.25, 0.3) is 5.69 Å². The smallest absolute Gasteiger partial charge is 0.269 e. The molecule has 0 spiro atoms. The Balaban J connectivity index is 1.61. The van der Waals surface area contributed by atoms with Gasteiger partial charge in [-0.1, -0.05) is 52.3 Å². The maximum absolute atomic E-state index is 12.2. The quantitative estimate of drug-likeness (QED) is 0.347. The number of nitro benzene ring substituents is 1. The molecule has 0 aliphatic carbocycles. The summed E-state index contributed by atoms with van der Waals surface area (Å²) in [5.41, 5.74) is 1.89. The second-order valence-corrected chi connectivity index (χ2v) is 7.92. The van der Waals surface area contributed by atoms with Gasteiger partial charge >= 0.3 is 0 Å². The van der Waals surface area contributed by atoms with Gasteiger partial charge < -0.3 is 9.47 Å². The lowest BCUT2D eigenvalue weighted by molar-refractivity contribution is -0.385. The van der Waals surface area contributed by atoms with E-state index < -0.39 is 11.2 Å². The van der Waals surface area contributed by atoms with E-state index in [4.69, 9.17) is 9.47 Å². The molecule has 1 unspecified atom stereocenters. The Morgan fingerprint density at radius 2 is 1.94 bits per heavy atom. The van der Waals surface area contributed by atoms with Crippen LogP contribution in [0.25, 0.3) is 0 Å². The van der Waals surface area contributed by atoms with E-state index >= 15 is 0 Å². The summed E-state index contributed by atoms with van der Waals surface area (Å²) >= 11 is 3.45. The molecule has 0 radical (unpaired) electrons. The van der Waals surface area contributed by atoms with E-state index in [1.54, 1.807) is 24.3 Å². The number of amides is 1. The number of carbonyl (C=O) groups excluding carboxylic acids is 1. The van der Waals surface area contributed by atoms with Gasteiger partial charge in [-0.3, -0.25) is 14.9 Å². The maximum atomic E-state index is 12.2. The zero-order chi connectivity index (χ0) is 22.7. The molecular weight excluding hydrogens is 478 g/mol. The number of ether oxygens (including phenoxy) is 2. The molecule has 0 bridgehead atoms. The minimum Gasteiger partial charge on any atom is -0.488 e. The van der Waals surface area contributed by atoms with E-state index in [0.29, 0.717) is 23.5 Å². The average molecular weight is 496 g/mol. The highest BCUT2D eigenvalue weighted by Gasteiger charge is 2.34. The third kappa shape index (κ3) is 4.62. The number of hydrogen-bond donors (Lipinski definition) is 0. The summed E-state index contributed by atoms with van der Waals surface area (Å²) in [6.45, 7) is 1.68. The monoisotopic (exact) mass is 495 g/mol. The SMILES string of the molecule is CC(=O)N1N=C(c2ccccc2OCc2cccc(Br)c2)OC1c1cccc([N+](=O)[O-])c1. The summed E-state index contributed by atoms with van der Waals surface area (Å²) in [6.07, 6.45) is -0.916. The first-order chi connectivity index (χ1) is 15.4. The first kappa shape index (κ1) is 21.5. The van der Waals surface area contributed by atoms with Crippen LogP contribution in [0, 0.1) is 10.1 Å². The van der Waals surface area contributed by atoms with Crippen molar-refractivity contribution in [2.24, 2.45) is 5.10 Å². The van der Waals surface area contributed by atoms with E-state index in [1.807, 2.05) is 36.4 Å². The second-order valence-electron chi connectivity index (χ2n) is 7.01. The van der Waals surface area contributed by atoms with Crippen molar-refractivity contribution in [3.05, 3.63) is 104 Å². The van der Waals surface area contributed by atoms with E-state index in [2.05, 4.69) is 21.0 Å². The van der Waals surface area contributed by atoms with Crippen LogP contribution in [0.4, 0.5) is 5.69 Å². The molecule has 4 rings (SSSR count). The molecule has 3 aromatic carbocycles. The summed E-state index contributed by atoms with van der Waals surface area (Å²) in [6, 6.07) is 20.9. The predicted molar refractivity (Wildman–Crippen MR) is 121 cm³/mol. The lowest BCUT2D eigenvalue weighted by Crippen LogP contribution is -2.25. The van der Waals surface area contributed by atoms with Crippen LogP contribution in [0.2, 0.25) is 0 Å². The highest BCUT2D eigenvalue weighted by molar-refractivity contribution is 9.10. The zero-order valence-electron chi connectivity index (χ0n) is 17.0. The molecule has 8 nitrogen and oxygen atoms in total. The Morgan fingerprint density at radius 3 is 2.69 bits per heavy atom. The lowest BCUT2D eigenvalue weighted by Gasteiger charge is -2.19. The van der Waals surface area contributed by atoms with Crippen molar-refractivity contribution < 1.29 is 19.2 Å². The molecule has 1 atom stereocenters. The minimum atomic E-state index is -0.916. The van der Waals surface area contributed by atoms with E-state index in [9.17, 15) is 14.9 Å². The number of hydrogen-bond acceptors (Lipinski definition) is 6. The highest BCUT2D eigenvalue weighted by atomic mass is 79.9. The first-order valence-electron chi connectivity index (χ1n) is 9.68. The third-order valence-electron chi connectivity index (χ3n) is 4.73. The Labute approximate surface area is 192 Å². The maximum Gasteiger partial charge on any atom is 0.269 e. The van der Waals surface area contributed by atoms with Crippen molar-refractivity contribution in [1.82, 2.24) is 5.01 Å².